The highest BCUT2D eigenvalue weighted by molar-refractivity contribution is 8.03. The highest BCUT2D eigenvalue weighted by Crippen LogP contribution is 2.54. The first kappa shape index (κ1) is 32.6. The maximum atomic E-state index is 12.9. The summed E-state index contributed by atoms with van der Waals surface area (Å²) in [4.78, 5) is 30.9. The van der Waals surface area contributed by atoms with Crippen molar-refractivity contribution in [1.29, 1.82) is 0 Å². The molecule has 1 aromatic heterocycles. The van der Waals surface area contributed by atoms with Crippen molar-refractivity contribution in [1.82, 2.24) is 19.6 Å². The second kappa shape index (κ2) is 13.3. The molecule has 2 N–H and O–H groups in total. The molecule has 234 valence electrons. The summed E-state index contributed by atoms with van der Waals surface area (Å²) in [5.41, 5.74) is 2.96. The summed E-state index contributed by atoms with van der Waals surface area (Å²) in [5, 5.41) is 1.23. The van der Waals surface area contributed by atoms with Crippen molar-refractivity contribution < 1.29 is 9.29 Å². The predicted molar refractivity (Wildman–Crippen MR) is 183 cm³/mol. The van der Waals surface area contributed by atoms with Crippen LogP contribution in [0.25, 0.3) is 10.9 Å². The van der Waals surface area contributed by atoms with Gasteiger partial charge in [0.25, 0.3) is 5.56 Å². The molecule has 44 heavy (non-hydrogen) atoms. The van der Waals surface area contributed by atoms with Crippen molar-refractivity contribution in [3.63, 3.8) is 0 Å². The van der Waals surface area contributed by atoms with Gasteiger partial charge in [-0.15, -0.1) is 4.72 Å². The van der Waals surface area contributed by atoms with Gasteiger partial charge in [-0.25, -0.2) is 9.98 Å². The smallest absolute Gasteiger partial charge is 0.260 e. The fourth-order valence-electron chi connectivity index (χ4n) is 6.14. The fourth-order valence-corrected chi connectivity index (χ4v) is 7.98. The van der Waals surface area contributed by atoms with E-state index in [1.54, 1.807) is 19.4 Å². The van der Waals surface area contributed by atoms with Gasteiger partial charge in [-0.3, -0.25) is 9.79 Å². The maximum Gasteiger partial charge on any atom is 0.260 e. The molecule has 0 bridgehead atoms. The van der Waals surface area contributed by atoms with Crippen LogP contribution >= 0.6 is 23.4 Å². The third-order valence-electron chi connectivity index (χ3n) is 8.64. The average molecular weight is 655 g/mol. The number of nitrogens with one attached hydrogen (secondary N) is 2. The Kier molecular flexibility index (Phi) is 9.81. The molecule has 12 heteroatoms. The number of H-pyrrole nitrogens is 1. The summed E-state index contributed by atoms with van der Waals surface area (Å²) in [5.74, 6) is 1.99. The summed E-state index contributed by atoms with van der Waals surface area (Å²) in [6.07, 6.45) is 6.03. The van der Waals surface area contributed by atoms with Gasteiger partial charge < -0.3 is 19.2 Å². The number of fused-ring (bicyclic) bond motifs is 2. The quantitative estimate of drug-likeness (QED) is 0.131. The van der Waals surface area contributed by atoms with E-state index < -0.39 is 11.4 Å². The van der Waals surface area contributed by atoms with E-state index in [4.69, 9.17) is 21.3 Å². The number of piperidine rings is 1. The monoisotopic (exact) mass is 654 g/mol. The van der Waals surface area contributed by atoms with Crippen molar-refractivity contribution >= 4 is 58.2 Å². The number of aromatic nitrogens is 2. The van der Waals surface area contributed by atoms with Gasteiger partial charge in [0.1, 0.15) is 21.4 Å². The normalized spacial score (nSPS) is 19.3. The number of aliphatic imine (C=N–C) groups is 2. The van der Waals surface area contributed by atoms with E-state index in [0.717, 1.165) is 43.9 Å². The summed E-state index contributed by atoms with van der Waals surface area (Å²) >= 11 is 6.73. The average Bonchev–Trinajstić information content (AvgIpc) is 3.29. The summed E-state index contributed by atoms with van der Waals surface area (Å²) in [6, 6.07) is 9.97. The van der Waals surface area contributed by atoms with Crippen LogP contribution < -0.4 is 15.0 Å². The highest BCUT2D eigenvalue weighted by atomic mass is 35.5. The molecule has 2 aliphatic rings. The summed E-state index contributed by atoms with van der Waals surface area (Å²) in [6.45, 7) is 14.1. The number of nitrogens with zero attached hydrogens (tertiary/aromatic N) is 4. The van der Waals surface area contributed by atoms with E-state index in [1.807, 2.05) is 39.8 Å². The first-order chi connectivity index (χ1) is 21.0. The Labute approximate surface area is 271 Å². The predicted octanol–water partition coefficient (Wildman–Crippen LogP) is 6.07. The number of likely N-dealkylation sites (tertiary alicyclic amines) is 1. The lowest BCUT2D eigenvalue weighted by molar-refractivity contribution is 0.126. The number of halogens is 1. The molecule has 5 rings (SSSR count). The van der Waals surface area contributed by atoms with Gasteiger partial charge >= 0.3 is 0 Å². The molecule has 0 saturated carbocycles. The Morgan fingerprint density at radius 1 is 1.34 bits per heavy atom. The zero-order valence-electron chi connectivity index (χ0n) is 25.8. The lowest BCUT2D eigenvalue weighted by Crippen LogP contribution is -2.47. The minimum atomic E-state index is -1.15. The fraction of sp³-hybridized carbons (Fsp3) is 0.438. The van der Waals surface area contributed by atoms with Crippen LogP contribution in [0.2, 0.25) is 5.02 Å². The van der Waals surface area contributed by atoms with E-state index in [-0.39, 0.29) is 21.6 Å². The van der Waals surface area contributed by atoms with E-state index in [1.165, 1.54) is 29.2 Å². The lowest BCUT2D eigenvalue weighted by Gasteiger charge is -2.44. The molecule has 0 unspecified atom stereocenters. The molecule has 0 amide bonds. The molecular weight excluding hydrogens is 616 g/mol. The second-order valence-corrected chi connectivity index (χ2v) is 15.8. The van der Waals surface area contributed by atoms with E-state index in [0.29, 0.717) is 32.4 Å². The number of aromatic amines is 1. The first-order valence-electron chi connectivity index (χ1n) is 14.6. The van der Waals surface area contributed by atoms with Crippen LogP contribution in [0.3, 0.4) is 0 Å². The molecule has 1 saturated heterocycles. The van der Waals surface area contributed by atoms with Crippen molar-refractivity contribution in [3.05, 3.63) is 74.4 Å². The van der Waals surface area contributed by atoms with E-state index in [9.17, 15) is 9.35 Å². The van der Waals surface area contributed by atoms with Crippen LogP contribution in [0.4, 0.5) is 0 Å². The third-order valence-corrected chi connectivity index (χ3v) is 11.7. The number of hydrogen-bond donors (Lipinski definition) is 2. The summed E-state index contributed by atoms with van der Waals surface area (Å²) < 4.78 is 21.5. The Hall–Kier alpha value is -2.83. The van der Waals surface area contributed by atoms with E-state index in [2.05, 4.69) is 43.4 Å². The molecule has 9 nitrogen and oxygen atoms in total. The molecule has 2 atom stereocenters. The van der Waals surface area contributed by atoms with Crippen LogP contribution in [0, 0.1) is 5.41 Å². The van der Waals surface area contributed by atoms with Crippen LogP contribution in [0.5, 0.6) is 5.75 Å². The molecule has 1 fully saturated rings. The molecular formula is C32H39ClN6O3S2. The highest BCUT2D eigenvalue weighted by Gasteiger charge is 2.48. The first-order valence-corrected chi connectivity index (χ1v) is 16.9. The van der Waals surface area contributed by atoms with Crippen molar-refractivity contribution in [2.75, 3.05) is 26.7 Å². The van der Waals surface area contributed by atoms with Crippen LogP contribution in [0.15, 0.2) is 67.6 Å². The lowest BCUT2D eigenvalue weighted by atomic mass is 9.69. The molecule has 1 aliphatic heterocycles. The number of methoxy groups -OCH3 is 1. The van der Waals surface area contributed by atoms with Crippen molar-refractivity contribution in [2.45, 2.75) is 62.5 Å². The van der Waals surface area contributed by atoms with Gasteiger partial charge in [-0.2, -0.15) is 0 Å². The maximum absolute atomic E-state index is 12.9. The SMILES string of the molecule is C=N/C(=C\N=C(/C)N1CCC2(CC1)Cc1ccc(OC)cc1[C@H]2CN[S@+]([O-])C(C)(C)C)Sc1ccc2nc[nH]c(=O)c2c1Cl. The Morgan fingerprint density at radius 3 is 2.77 bits per heavy atom. The van der Waals surface area contributed by atoms with Gasteiger partial charge in [0.2, 0.25) is 0 Å². The number of thioether (sulfide) groups is 1. The Bertz CT molecular complexity index is 1660. The molecule has 0 radical (unpaired) electrons. The zero-order chi connectivity index (χ0) is 31.6. The number of hydrogen-bond acceptors (Lipinski definition) is 8. The van der Waals surface area contributed by atoms with Gasteiger partial charge in [0.05, 0.1) is 35.6 Å². The van der Waals surface area contributed by atoms with Gasteiger partial charge in [0, 0.05) is 41.8 Å². The third kappa shape index (κ3) is 6.72. The van der Waals surface area contributed by atoms with E-state index >= 15 is 0 Å². The summed E-state index contributed by atoms with van der Waals surface area (Å²) in [7, 11) is 1.70. The molecule has 1 aliphatic carbocycles. The Balaban J connectivity index is 1.30. The molecule has 2 aromatic carbocycles. The zero-order valence-corrected chi connectivity index (χ0v) is 28.2. The van der Waals surface area contributed by atoms with Crippen LogP contribution in [0.1, 0.15) is 57.6 Å². The standard InChI is InChI=1S/C32H39ClN6O3S2/c1-20(35-18-27(34-5)43-26-10-9-25-28(29(26)33)30(40)37-19-36-25)39-13-11-32(12-14-39)16-21-7-8-22(42-6)15-23(21)24(32)17-38-44(41)31(2,3)4/h7-10,15,18-19,24,38H,5,11-14,16-17H2,1-4,6H3,(H,36,37,40)/b27-18+,35-20+/t24-,44-/m1/s1. The second-order valence-electron chi connectivity index (χ2n) is 12.3. The topological polar surface area (TPSA) is 118 Å². The molecule has 2 heterocycles. The molecule has 3 aromatic rings. The minimum absolute atomic E-state index is 0.0691. The Morgan fingerprint density at radius 2 is 2.09 bits per heavy atom. The molecule has 1 spiro atoms. The largest absolute Gasteiger partial charge is 0.598 e. The number of ether oxygens (including phenoxy) is 1. The van der Waals surface area contributed by atoms with Gasteiger partial charge in [0.15, 0.2) is 0 Å². The minimum Gasteiger partial charge on any atom is -0.598 e. The van der Waals surface area contributed by atoms with Crippen molar-refractivity contribution in [3.8, 4) is 5.75 Å². The van der Waals surface area contributed by atoms with Crippen molar-refractivity contribution in [2.24, 2.45) is 15.4 Å². The number of rotatable bonds is 8. The van der Waals surface area contributed by atoms with Gasteiger partial charge in [-0.05, 0) is 94.5 Å². The number of amidine groups is 1. The van der Waals surface area contributed by atoms with Crippen LogP contribution in [-0.2, 0) is 17.8 Å². The van der Waals surface area contributed by atoms with Gasteiger partial charge in [-0.1, -0.05) is 29.4 Å². The number of benzene rings is 2. The van der Waals surface area contributed by atoms with Crippen LogP contribution in [-0.4, -0.2) is 63.5 Å².